The van der Waals surface area contributed by atoms with Gasteiger partial charge in [-0.3, -0.25) is 9.36 Å². The van der Waals surface area contributed by atoms with E-state index in [2.05, 4.69) is 4.98 Å². The number of pyridine rings is 2. The van der Waals surface area contributed by atoms with E-state index in [4.69, 9.17) is 21.1 Å². The number of halogens is 4. The Kier molecular flexibility index (Phi) is 6.10. The maximum Gasteiger partial charge on any atom is 0.394 e. The van der Waals surface area contributed by atoms with Gasteiger partial charge in [-0.15, -0.1) is 0 Å². The second kappa shape index (κ2) is 8.18. The lowest BCUT2D eigenvalue weighted by Gasteiger charge is -2.20. The Hall–Kier alpha value is -2.55. The zero-order valence-electron chi connectivity index (χ0n) is 17.3. The van der Waals surface area contributed by atoms with Crippen LogP contribution in [0.2, 0.25) is 5.15 Å². The molecule has 0 saturated heterocycles. The minimum atomic E-state index is -4.27. The van der Waals surface area contributed by atoms with Gasteiger partial charge in [0.25, 0.3) is 5.56 Å². The predicted octanol–water partition coefficient (Wildman–Crippen LogP) is 4.95. The molecular formula is C21H22ClF3N2O4. The van der Waals surface area contributed by atoms with E-state index in [9.17, 15) is 22.8 Å². The number of esters is 1. The van der Waals surface area contributed by atoms with Crippen LogP contribution in [0.1, 0.15) is 50.4 Å². The lowest BCUT2D eigenvalue weighted by molar-refractivity contribution is -0.190. The predicted molar refractivity (Wildman–Crippen MR) is 108 cm³/mol. The number of carbonyl (C=O) groups excluding carboxylic acids is 1. The fraction of sp³-hybridized carbons (Fsp3) is 0.476. The monoisotopic (exact) mass is 458 g/mol. The van der Waals surface area contributed by atoms with Crippen LogP contribution in [0.25, 0.3) is 5.82 Å². The van der Waals surface area contributed by atoms with E-state index in [0.29, 0.717) is 0 Å². The first kappa shape index (κ1) is 23.1. The maximum atomic E-state index is 13.0. The SMILES string of the molecule is CC(C)(C)OC(=O)c1ccc(-n2cccc(OCCC3(C(F)(F)F)CC3)c2=O)nc1Cl. The second-order valence-corrected chi connectivity index (χ2v) is 8.79. The Balaban J connectivity index is 1.76. The summed E-state index contributed by atoms with van der Waals surface area (Å²) in [6, 6.07) is 5.69. The van der Waals surface area contributed by atoms with Gasteiger partial charge in [0.1, 0.15) is 16.6 Å². The van der Waals surface area contributed by atoms with Gasteiger partial charge in [-0.2, -0.15) is 13.2 Å². The fourth-order valence-corrected chi connectivity index (χ4v) is 3.22. The zero-order chi connectivity index (χ0) is 23.0. The number of nitrogens with zero attached hydrogens (tertiary/aromatic N) is 2. The van der Waals surface area contributed by atoms with E-state index in [1.807, 2.05) is 0 Å². The van der Waals surface area contributed by atoms with Crippen molar-refractivity contribution in [1.82, 2.24) is 9.55 Å². The molecule has 0 bridgehead atoms. The number of alkyl halides is 3. The van der Waals surface area contributed by atoms with Crippen molar-refractivity contribution in [2.24, 2.45) is 5.41 Å². The quantitative estimate of drug-likeness (QED) is 0.452. The third-order valence-electron chi connectivity index (χ3n) is 4.91. The van der Waals surface area contributed by atoms with Crippen LogP contribution in [-0.4, -0.2) is 33.9 Å². The Morgan fingerprint density at radius 1 is 1.23 bits per heavy atom. The first-order valence-corrected chi connectivity index (χ1v) is 10.0. The molecule has 0 N–H and O–H groups in total. The molecule has 2 aromatic rings. The summed E-state index contributed by atoms with van der Waals surface area (Å²) in [7, 11) is 0. The molecule has 0 amide bonds. The Morgan fingerprint density at radius 2 is 1.90 bits per heavy atom. The van der Waals surface area contributed by atoms with Crippen molar-refractivity contribution in [3.05, 3.63) is 51.5 Å². The lowest BCUT2D eigenvalue weighted by atomic mass is 10.0. The van der Waals surface area contributed by atoms with E-state index >= 15 is 0 Å². The topological polar surface area (TPSA) is 70.4 Å². The normalized spacial score (nSPS) is 15.5. The van der Waals surface area contributed by atoms with Crippen molar-refractivity contribution in [3.63, 3.8) is 0 Å². The zero-order valence-corrected chi connectivity index (χ0v) is 18.0. The highest BCUT2D eigenvalue weighted by Crippen LogP contribution is 2.59. The summed E-state index contributed by atoms with van der Waals surface area (Å²) in [6.07, 6.45) is -2.92. The molecule has 0 atom stereocenters. The van der Waals surface area contributed by atoms with Crippen LogP contribution in [-0.2, 0) is 4.74 Å². The van der Waals surface area contributed by atoms with Gasteiger partial charge in [0, 0.05) is 6.20 Å². The largest absolute Gasteiger partial charge is 0.488 e. The van der Waals surface area contributed by atoms with Crippen LogP contribution < -0.4 is 10.3 Å². The van der Waals surface area contributed by atoms with E-state index in [1.54, 1.807) is 20.8 Å². The summed E-state index contributed by atoms with van der Waals surface area (Å²) in [5, 5.41) is -0.147. The molecule has 3 rings (SSSR count). The first-order valence-electron chi connectivity index (χ1n) is 9.64. The number of aromatic nitrogens is 2. The minimum absolute atomic E-state index is 0.0441. The van der Waals surface area contributed by atoms with E-state index in [0.717, 1.165) is 4.57 Å². The van der Waals surface area contributed by atoms with Gasteiger partial charge in [-0.25, -0.2) is 9.78 Å². The summed E-state index contributed by atoms with van der Waals surface area (Å²) in [4.78, 5) is 29.0. The molecule has 10 heteroatoms. The van der Waals surface area contributed by atoms with Gasteiger partial charge in [0.15, 0.2) is 5.75 Å². The average Bonchev–Trinajstić information content (AvgIpc) is 3.42. The number of carbonyl (C=O) groups is 1. The summed E-state index contributed by atoms with van der Waals surface area (Å²) in [5.74, 6) is -0.629. The molecule has 0 spiro atoms. The molecule has 0 unspecified atom stereocenters. The van der Waals surface area contributed by atoms with Crippen LogP contribution in [0.5, 0.6) is 5.75 Å². The highest BCUT2D eigenvalue weighted by Gasteiger charge is 2.62. The molecule has 31 heavy (non-hydrogen) atoms. The first-order chi connectivity index (χ1) is 14.3. The molecule has 0 aromatic carbocycles. The smallest absolute Gasteiger partial charge is 0.394 e. The van der Waals surface area contributed by atoms with Crippen molar-refractivity contribution in [3.8, 4) is 11.6 Å². The molecule has 2 aromatic heterocycles. The molecule has 1 fully saturated rings. The molecule has 168 valence electrons. The molecule has 0 aliphatic heterocycles. The van der Waals surface area contributed by atoms with Crippen molar-refractivity contribution in [1.29, 1.82) is 0 Å². The average molecular weight is 459 g/mol. The van der Waals surface area contributed by atoms with Crippen LogP contribution in [0.4, 0.5) is 13.2 Å². The standard InChI is InChI=1S/C21H22ClF3N2O4/c1-19(2,3)31-18(29)13-6-7-15(26-16(13)22)27-11-4-5-14(17(27)28)30-12-10-20(8-9-20)21(23,24)25/h4-7,11H,8-10,12H2,1-3H3. The third-order valence-corrected chi connectivity index (χ3v) is 5.19. The van der Waals surface area contributed by atoms with Crippen molar-refractivity contribution in [2.75, 3.05) is 6.61 Å². The summed E-state index contributed by atoms with van der Waals surface area (Å²) in [6.45, 7) is 4.91. The summed E-state index contributed by atoms with van der Waals surface area (Å²) < 4.78 is 50.8. The molecule has 1 saturated carbocycles. The van der Waals surface area contributed by atoms with Gasteiger partial charge in [-0.1, -0.05) is 11.6 Å². The maximum absolute atomic E-state index is 13.0. The minimum Gasteiger partial charge on any atom is -0.488 e. The van der Waals surface area contributed by atoms with Crippen LogP contribution in [0.15, 0.2) is 35.3 Å². The van der Waals surface area contributed by atoms with E-state index in [1.165, 1.54) is 30.5 Å². The molecule has 0 radical (unpaired) electrons. The van der Waals surface area contributed by atoms with E-state index < -0.39 is 28.7 Å². The second-order valence-electron chi connectivity index (χ2n) is 8.43. The Morgan fingerprint density at radius 3 is 2.45 bits per heavy atom. The molecule has 1 aliphatic carbocycles. The lowest BCUT2D eigenvalue weighted by Crippen LogP contribution is -2.27. The molecular weight excluding hydrogens is 437 g/mol. The van der Waals surface area contributed by atoms with Gasteiger partial charge in [0.2, 0.25) is 0 Å². The molecule has 2 heterocycles. The van der Waals surface area contributed by atoms with Crippen molar-refractivity contribution in [2.45, 2.75) is 51.8 Å². The number of ether oxygens (including phenoxy) is 2. The van der Waals surface area contributed by atoms with Crippen LogP contribution >= 0.6 is 11.6 Å². The van der Waals surface area contributed by atoms with Gasteiger partial charge < -0.3 is 9.47 Å². The van der Waals surface area contributed by atoms with Crippen molar-refractivity contribution < 1.29 is 27.4 Å². The highest BCUT2D eigenvalue weighted by atomic mass is 35.5. The van der Waals surface area contributed by atoms with Crippen LogP contribution in [0, 0.1) is 5.41 Å². The van der Waals surface area contributed by atoms with E-state index in [-0.39, 0.29) is 48.2 Å². The Bertz CT molecular complexity index is 1040. The van der Waals surface area contributed by atoms with Gasteiger partial charge in [0.05, 0.1) is 17.6 Å². The third kappa shape index (κ3) is 5.20. The summed E-state index contributed by atoms with van der Waals surface area (Å²) >= 11 is 6.11. The van der Waals surface area contributed by atoms with Crippen molar-refractivity contribution >= 4 is 17.6 Å². The summed E-state index contributed by atoms with van der Waals surface area (Å²) in [5.41, 5.74) is -2.98. The van der Waals surface area contributed by atoms with Crippen LogP contribution in [0.3, 0.4) is 0 Å². The van der Waals surface area contributed by atoms with Gasteiger partial charge in [-0.05, 0) is 64.3 Å². The number of rotatable bonds is 6. The number of hydrogen-bond acceptors (Lipinski definition) is 5. The fourth-order valence-electron chi connectivity index (χ4n) is 2.99. The Labute approximate surface area is 181 Å². The molecule has 1 aliphatic rings. The van der Waals surface area contributed by atoms with Gasteiger partial charge >= 0.3 is 12.1 Å². The highest BCUT2D eigenvalue weighted by molar-refractivity contribution is 6.32. The number of hydrogen-bond donors (Lipinski definition) is 0. The molecule has 6 nitrogen and oxygen atoms in total.